The molecular weight excluding hydrogens is 132 g/mol. The fourth-order valence-corrected chi connectivity index (χ4v) is 2.25. The molecule has 0 aromatic rings. The second kappa shape index (κ2) is 4.79. The Balaban J connectivity index is 0. The van der Waals surface area contributed by atoms with E-state index in [-0.39, 0.29) is 14.9 Å². The number of hydrogen-bond acceptors (Lipinski definition) is 0. The Bertz CT molecular complexity index is 82.2. The standard InChI is InChI=1S/C9H18.2CH4/c1-4-9(5-2)6-8(3)7-9;;/h8H,4-7H2,1-3H3;2*1H4. The van der Waals surface area contributed by atoms with E-state index >= 15 is 0 Å². The zero-order valence-electron chi connectivity index (χ0n) is 6.91. The van der Waals surface area contributed by atoms with Crippen molar-refractivity contribution in [3.63, 3.8) is 0 Å². The molecular formula is C11H26. The monoisotopic (exact) mass is 158 g/mol. The molecule has 0 bridgehead atoms. The van der Waals surface area contributed by atoms with Gasteiger partial charge in [-0.1, -0.05) is 48.5 Å². The third-order valence-corrected chi connectivity index (χ3v) is 3.06. The van der Waals surface area contributed by atoms with Crippen LogP contribution in [-0.4, -0.2) is 0 Å². The van der Waals surface area contributed by atoms with Crippen LogP contribution in [0.1, 0.15) is 61.3 Å². The van der Waals surface area contributed by atoms with Gasteiger partial charge in [-0.15, -0.1) is 0 Å². The van der Waals surface area contributed by atoms with Crippen molar-refractivity contribution in [2.24, 2.45) is 11.3 Å². The molecule has 1 saturated carbocycles. The summed E-state index contributed by atoms with van der Waals surface area (Å²) in [6.45, 7) is 7.02. The van der Waals surface area contributed by atoms with Gasteiger partial charge in [-0.2, -0.15) is 0 Å². The predicted molar refractivity (Wildman–Crippen MR) is 54.9 cm³/mol. The Morgan fingerprint density at radius 2 is 1.45 bits per heavy atom. The van der Waals surface area contributed by atoms with Crippen molar-refractivity contribution in [2.45, 2.75) is 61.3 Å². The summed E-state index contributed by atoms with van der Waals surface area (Å²) in [6, 6.07) is 0. The second-order valence-corrected chi connectivity index (χ2v) is 3.72. The van der Waals surface area contributed by atoms with Crippen molar-refractivity contribution in [3.05, 3.63) is 0 Å². The maximum absolute atomic E-state index is 2.36. The molecule has 1 fully saturated rings. The fourth-order valence-electron chi connectivity index (χ4n) is 2.25. The van der Waals surface area contributed by atoms with Gasteiger partial charge in [0.05, 0.1) is 0 Å². The van der Waals surface area contributed by atoms with Crippen LogP contribution in [0.25, 0.3) is 0 Å². The van der Waals surface area contributed by atoms with Gasteiger partial charge < -0.3 is 0 Å². The predicted octanol–water partition coefficient (Wildman–Crippen LogP) is 4.49. The van der Waals surface area contributed by atoms with Gasteiger partial charge in [0.25, 0.3) is 0 Å². The number of rotatable bonds is 2. The molecule has 70 valence electrons. The van der Waals surface area contributed by atoms with Crippen LogP contribution in [0.2, 0.25) is 0 Å². The molecule has 1 aliphatic carbocycles. The van der Waals surface area contributed by atoms with Gasteiger partial charge in [0.2, 0.25) is 0 Å². The first kappa shape index (κ1) is 13.6. The molecule has 0 nitrogen and oxygen atoms in total. The highest BCUT2D eigenvalue weighted by Gasteiger charge is 2.38. The van der Waals surface area contributed by atoms with E-state index in [1.165, 1.54) is 25.7 Å². The van der Waals surface area contributed by atoms with Gasteiger partial charge in [0.15, 0.2) is 0 Å². The van der Waals surface area contributed by atoms with E-state index in [1.54, 1.807) is 0 Å². The lowest BCUT2D eigenvalue weighted by Gasteiger charge is -2.45. The van der Waals surface area contributed by atoms with E-state index in [0.29, 0.717) is 0 Å². The lowest BCUT2D eigenvalue weighted by molar-refractivity contribution is 0.0569. The molecule has 0 atom stereocenters. The summed E-state index contributed by atoms with van der Waals surface area (Å²) in [6.07, 6.45) is 5.77. The van der Waals surface area contributed by atoms with E-state index in [1.807, 2.05) is 0 Å². The first-order valence-electron chi connectivity index (χ1n) is 4.22. The van der Waals surface area contributed by atoms with Crippen LogP contribution in [0.4, 0.5) is 0 Å². The molecule has 0 amide bonds. The topological polar surface area (TPSA) is 0 Å². The van der Waals surface area contributed by atoms with Gasteiger partial charge in [-0.3, -0.25) is 0 Å². The Hall–Kier alpha value is 0. The third-order valence-electron chi connectivity index (χ3n) is 3.06. The van der Waals surface area contributed by atoms with E-state index in [0.717, 1.165) is 11.3 Å². The molecule has 0 heteroatoms. The molecule has 1 rings (SSSR count). The van der Waals surface area contributed by atoms with Gasteiger partial charge in [0, 0.05) is 0 Å². The largest absolute Gasteiger partial charge is 0.0776 e. The van der Waals surface area contributed by atoms with Crippen LogP contribution in [0.5, 0.6) is 0 Å². The Kier molecular flexibility index (Phi) is 5.92. The Labute approximate surface area is 73.4 Å². The highest BCUT2D eigenvalue weighted by Crippen LogP contribution is 2.50. The molecule has 0 unspecified atom stereocenters. The van der Waals surface area contributed by atoms with Gasteiger partial charge in [-0.05, 0) is 24.2 Å². The SMILES string of the molecule is C.C.CCC1(CC)CC(C)C1. The molecule has 0 heterocycles. The van der Waals surface area contributed by atoms with Gasteiger partial charge in [0.1, 0.15) is 0 Å². The van der Waals surface area contributed by atoms with Crippen molar-refractivity contribution in [1.29, 1.82) is 0 Å². The lowest BCUT2D eigenvalue weighted by atomic mass is 9.60. The lowest BCUT2D eigenvalue weighted by Crippen LogP contribution is -2.34. The van der Waals surface area contributed by atoms with Gasteiger partial charge in [-0.25, -0.2) is 0 Å². The smallest absolute Gasteiger partial charge is 0.0298 e. The molecule has 11 heavy (non-hydrogen) atoms. The summed E-state index contributed by atoms with van der Waals surface area (Å²) in [7, 11) is 0. The molecule has 0 saturated heterocycles. The van der Waals surface area contributed by atoms with Gasteiger partial charge >= 0.3 is 0 Å². The molecule has 1 aliphatic rings. The normalized spacial score (nSPS) is 21.0. The second-order valence-electron chi connectivity index (χ2n) is 3.72. The highest BCUT2D eigenvalue weighted by atomic mass is 14.4. The average molecular weight is 158 g/mol. The molecule has 0 aliphatic heterocycles. The minimum atomic E-state index is 0. The average Bonchev–Trinajstić information content (AvgIpc) is 1.81. The molecule has 0 N–H and O–H groups in total. The summed E-state index contributed by atoms with van der Waals surface area (Å²) < 4.78 is 0. The maximum atomic E-state index is 2.36. The first-order chi connectivity index (χ1) is 4.22. The first-order valence-corrected chi connectivity index (χ1v) is 4.22. The quantitative estimate of drug-likeness (QED) is 0.555. The Morgan fingerprint density at radius 1 is 1.09 bits per heavy atom. The van der Waals surface area contributed by atoms with Crippen LogP contribution in [0.15, 0.2) is 0 Å². The summed E-state index contributed by atoms with van der Waals surface area (Å²) in [4.78, 5) is 0. The third kappa shape index (κ3) is 2.50. The van der Waals surface area contributed by atoms with Crippen LogP contribution < -0.4 is 0 Å². The van der Waals surface area contributed by atoms with Crippen molar-refractivity contribution < 1.29 is 0 Å². The summed E-state index contributed by atoms with van der Waals surface area (Å²) >= 11 is 0. The molecule has 0 aromatic heterocycles. The summed E-state index contributed by atoms with van der Waals surface area (Å²) in [5.41, 5.74) is 0.777. The van der Waals surface area contributed by atoms with Crippen molar-refractivity contribution >= 4 is 0 Å². The van der Waals surface area contributed by atoms with Crippen molar-refractivity contribution in [2.75, 3.05) is 0 Å². The molecule has 0 aromatic carbocycles. The van der Waals surface area contributed by atoms with E-state index < -0.39 is 0 Å². The Morgan fingerprint density at radius 3 is 1.55 bits per heavy atom. The molecule has 0 radical (unpaired) electrons. The van der Waals surface area contributed by atoms with E-state index in [4.69, 9.17) is 0 Å². The minimum absolute atomic E-state index is 0. The van der Waals surface area contributed by atoms with Crippen LogP contribution in [-0.2, 0) is 0 Å². The highest BCUT2D eigenvalue weighted by molar-refractivity contribution is 4.89. The maximum Gasteiger partial charge on any atom is -0.0298 e. The summed E-state index contributed by atoms with van der Waals surface area (Å²) in [5, 5.41) is 0. The minimum Gasteiger partial charge on any atom is -0.0776 e. The summed E-state index contributed by atoms with van der Waals surface area (Å²) in [5.74, 6) is 1.02. The molecule has 0 spiro atoms. The zero-order chi connectivity index (χ0) is 6.91. The zero-order valence-corrected chi connectivity index (χ0v) is 6.91. The van der Waals surface area contributed by atoms with Crippen LogP contribution >= 0.6 is 0 Å². The van der Waals surface area contributed by atoms with Crippen LogP contribution in [0, 0.1) is 11.3 Å². The van der Waals surface area contributed by atoms with Crippen LogP contribution in [0.3, 0.4) is 0 Å². The number of hydrogen-bond donors (Lipinski definition) is 0. The van der Waals surface area contributed by atoms with E-state index in [2.05, 4.69) is 20.8 Å². The van der Waals surface area contributed by atoms with Crippen molar-refractivity contribution in [1.82, 2.24) is 0 Å². The van der Waals surface area contributed by atoms with Crippen molar-refractivity contribution in [3.8, 4) is 0 Å². The fraction of sp³-hybridized carbons (Fsp3) is 1.00. The van der Waals surface area contributed by atoms with E-state index in [9.17, 15) is 0 Å².